The molecule has 0 radical (unpaired) electrons. The maximum Gasteiger partial charge on any atom is 0.294 e. The molecule has 1 saturated heterocycles. The number of carbonyl (C=O) groups is 1. The lowest BCUT2D eigenvalue weighted by Gasteiger charge is -2.31. The first-order valence-electron chi connectivity index (χ1n) is 7.24. The van der Waals surface area contributed by atoms with Crippen LogP contribution in [0.15, 0.2) is 23.7 Å². The van der Waals surface area contributed by atoms with Crippen molar-refractivity contribution in [3.05, 3.63) is 29.3 Å². The normalized spacial score (nSPS) is 15.9. The summed E-state index contributed by atoms with van der Waals surface area (Å²) in [6, 6.07) is 5.47. The molecule has 3 heterocycles. The van der Waals surface area contributed by atoms with Gasteiger partial charge in [-0.1, -0.05) is 11.3 Å². The summed E-state index contributed by atoms with van der Waals surface area (Å²) >= 11 is 2.54. The van der Waals surface area contributed by atoms with Gasteiger partial charge in [0.1, 0.15) is 22.6 Å². The van der Waals surface area contributed by atoms with Crippen molar-refractivity contribution in [2.24, 2.45) is 0 Å². The molecule has 4 rings (SSSR count). The number of likely N-dealkylation sites (tertiary alicyclic amines) is 1. The van der Waals surface area contributed by atoms with Gasteiger partial charge in [-0.3, -0.25) is 4.79 Å². The maximum absolute atomic E-state index is 12.6. The van der Waals surface area contributed by atoms with Gasteiger partial charge in [0.05, 0.1) is 11.7 Å². The molecule has 1 fully saturated rings. The summed E-state index contributed by atoms with van der Waals surface area (Å²) < 4.78 is 14.1. The zero-order chi connectivity index (χ0) is 15.6. The van der Waals surface area contributed by atoms with Crippen molar-refractivity contribution >= 4 is 40.0 Å². The lowest BCUT2D eigenvalue weighted by Crippen LogP contribution is -2.41. The second-order valence-corrected chi connectivity index (χ2v) is 6.61. The molecule has 9 heteroatoms. The first-order valence-corrected chi connectivity index (χ1v) is 8.85. The fourth-order valence-corrected chi connectivity index (χ4v) is 3.62. The van der Waals surface area contributed by atoms with E-state index in [1.807, 2.05) is 23.1 Å². The predicted molar refractivity (Wildman–Crippen MR) is 86.9 cm³/mol. The van der Waals surface area contributed by atoms with Crippen LogP contribution in [0.25, 0.3) is 11.0 Å². The van der Waals surface area contributed by atoms with Gasteiger partial charge in [-0.25, -0.2) is 0 Å². The summed E-state index contributed by atoms with van der Waals surface area (Å²) in [6.07, 6.45) is 1.69. The fourth-order valence-electron chi connectivity index (χ4n) is 2.63. The van der Waals surface area contributed by atoms with E-state index in [0.29, 0.717) is 23.8 Å². The van der Waals surface area contributed by atoms with Gasteiger partial charge in [-0.05, 0) is 18.2 Å². The Morgan fingerprint density at radius 2 is 2.04 bits per heavy atom. The van der Waals surface area contributed by atoms with E-state index in [0.717, 1.165) is 35.6 Å². The number of carbonyl (C=O) groups excluding carboxylic acids is 1. The Hall–Kier alpha value is -2.13. The van der Waals surface area contributed by atoms with Gasteiger partial charge in [-0.2, -0.15) is 8.75 Å². The number of aromatic nitrogens is 4. The summed E-state index contributed by atoms with van der Waals surface area (Å²) in [4.78, 5) is 14.5. The standard InChI is InChI=1S/C14H13N5O2S2/c20-13(9-1-2-11-12(7-9)18-23-17-11)19-5-3-10(4-6-19)21-14-16-15-8-22-14/h1-2,7-8,10H,3-6H2. The largest absolute Gasteiger partial charge is 0.465 e. The summed E-state index contributed by atoms with van der Waals surface area (Å²) in [5, 5.41) is 8.24. The molecule has 7 nitrogen and oxygen atoms in total. The van der Waals surface area contributed by atoms with Crippen LogP contribution < -0.4 is 4.74 Å². The first kappa shape index (κ1) is 14.5. The van der Waals surface area contributed by atoms with Crippen molar-refractivity contribution in [1.29, 1.82) is 0 Å². The van der Waals surface area contributed by atoms with Crippen LogP contribution in [-0.4, -0.2) is 48.9 Å². The molecule has 1 amide bonds. The van der Waals surface area contributed by atoms with Gasteiger partial charge in [0, 0.05) is 31.5 Å². The average molecular weight is 347 g/mol. The van der Waals surface area contributed by atoms with Crippen molar-refractivity contribution < 1.29 is 9.53 Å². The number of nitrogens with zero attached hydrogens (tertiary/aromatic N) is 5. The van der Waals surface area contributed by atoms with Crippen LogP contribution in [0.5, 0.6) is 5.19 Å². The highest BCUT2D eigenvalue weighted by molar-refractivity contribution is 7.11. The molecule has 0 N–H and O–H groups in total. The van der Waals surface area contributed by atoms with E-state index in [-0.39, 0.29) is 12.0 Å². The van der Waals surface area contributed by atoms with Gasteiger partial charge < -0.3 is 9.64 Å². The highest BCUT2D eigenvalue weighted by atomic mass is 32.1. The third-order valence-electron chi connectivity index (χ3n) is 3.84. The summed E-state index contributed by atoms with van der Waals surface area (Å²) in [6.45, 7) is 1.35. The molecule has 118 valence electrons. The number of fused-ring (bicyclic) bond motifs is 1. The Morgan fingerprint density at radius 3 is 2.83 bits per heavy atom. The van der Waals surface area contributed by atoms with Gasteiger partial charge in [-0.15, -0.1) is 10.2 Å². The van der Waals surface area contributed by atoms with Crippen LogP contribution in [-0.2, 0) is 0 Å². The van der Waals surface area contributed by atoms with E-state index in [1.165, 1.54) is 11.3 Å². The molecular weight excluding hydrogens is 334 g/mol. The van der Waals surface area contributed by atoms with E-state index in [1.54, 1.807) is 5.51 Å². The fraction of sp³-hybridized carbons (Fsp3) is 0.357. The van der Waals surface area contributed by atoms with Crippen molar-refractivity contribution in [3.63, 3.8) is 0 Å². The molecule has 1 aliphatic rings. The lowest BCUT2D eigenvalue weighted by molar-refractivity contribution is 0.0594. The van der Waals surface area contributed by atoms with E-state index < -0.39 is 0 Å². The van der Waals surface area contributed by atoms with Crippen LogP contribution in [0, 0.1) is 0 Å². The SMILES string of the molecule is O=C(c1ccc2nsnc2c1)N1CCC(Oc2nncs2)CC1. The Labute approximate surface area is 140 Å². The second-order valence-electron chi connectivity index (χ2n) is 5.28. The number of rotatable bonds is 3. The number of ether oxygens (including phenoxy) is 1. The molecule has 0 unspecified atom stereocenters. The monoisotopic (exact) mass is 347 g/mol. The van der Waals surface area contributed by atoms with E-state index in [9.17, 15) is 4.79 Å². The average Bonchev–Trinajstić information content (AvgIpc) is 3.25. The third kappa shape index (κ3) is 3.02. The Bertz CT molecular complexity index is 812. The number of benzene rings is 1. The van der Waals surface area contributed by atoms with Crippen LogP contribution in [0.3, 0.4) is 0 Å². The number of amides is 1. The molecule has 3 aromatic rings. The highest BCUT2D eigenvalue weighted by Gasteiger charge is 2.25. The van der Waals surface area contributed by atoms with Crippen molar-refractivity contribution in [3.8, 4) is 5.19 Å². The van der Waals surface area contributed by atoms with Gasteiger partial charge in [0.2, 0.25) is 0 Å². The molecule has 23 heavy (non-hydrogen) atoms. The minimum absolute atomic E-state index is 0.0364. The Balaban J connectivity index is 1.40. The van der Waals surface area contributed by atoms with Crippen molar-refractivity contribution in [1.82, 2.24) is 23.8 Å². The number of hydrogen-bond acceptors (Lipinski definition) is 8. The van der Waals surface area contributed by atoms with Crippen LogP contribution in [0.2, 0.25) is 0 Å². The molecule has 0 spiro atoms. The molecule has 0 bridgehead atoms. The van der Waals surface area contributed by atoms with Crippen molar-refractivity contribution in [2.75, 3.05) is 13.1 Å². The van der Waals surface area contributed by atoms with E-state index in [4.69, 9.17) is 4.74 Å². The van der Waals surface area contributed by atoms with Crippen LogP contribution >= 0.6 is 23.1 Å². The molecular formula is C14H13N5O2S2. The predicted octanol–water partition coefficient (Wildman–Crippen LogP) is 2.23. The van der Waals surface area contributed by atoms with Gasteiger partial charge >= 0.3 is 0 Å². The summed E-state index contributed by atoms with van der Waals surface area (Å²) in [5.74, 6) is 0.0364. The molecule has 0 aliphatic carbocycles. The number of hydrogen-bond donors (Lipinski definition) is 0. The highest BCUT2D eigenvalue weighted by Crippen LogP contribution is 2.22. The molecule has 1 aliphatic heterocycles. The summed E-state index contributed by atoms with van der Waals surface area (Å²) in [7, 11) is 0. The maximum atomic E-state index is 12.6. The van der Waals surface area contributed by atoms with Gasteiger partial charge in [0.15, 0.2) is 0 Å². The quantitative estimate of drug-likeness (QED) is 0.723. The smallest absolute Gasteiger partial charge is 0.294 e. The first-order chi connectivity index (χ1) is 11.3. The zero-order valence-corrected chi connectivity index (χ0v) is 13.7. The minimum atomic E-state index is 0.0364. The van der Waals surface area contributed by atoms with Gasteiger partial charge in [0.25, 0.3) is 11.1 Å². The zero-order valence-electron chi connectivity index (χ0n) is 12.1. The van der Waals surface area contributed by atoms with Crippen LogP contribution in [0.1, 0.15) is 23.2 Å². The molecule has 1 aromatic carbocycles. The third-order valence-corrected chi connectivity index (χ3v) is 4.97. The molecule has 0 atom stereocenters. The summed E-state index contributed by atoms with van der Waals surface area (Å²) in [5.41, 5.74) is 3.91. The number of piperidine rings is 1. The second kappa shape index (κ2) is 6.17. The topological polar surface area (TPSA) is 81.1 Å². The Kier molecular flexibility index (Phi) is 3.88. The van der Waals surface area contributed by atoms with E-state index in [2.05, 4.69) is 18.9 Å². The minimum Gasteiger partial charge on any atom is -0.465 e. The molecule has 0 saturated carbocycles. The van der Waals surface area contributed by atoms with E-state index >= 15 is 0 Å². The Morgan fingerprint density at radius 1 is 1.22 bits per heavy atom. The van der Waals surface area contributed by atoms with Crippen molar-refractivity contribution in [2.45, 2.75) is 18.9 Å². The lowest BCUT2D eigenvalue weighted by atomic mass is 10.1. The van der Waals surface area contributed by atoms with Crippen LogP contribution in [0.4, 0.5) is 0 Å². The molecule has 2 aromatic heterocycles.